The number of hydrogen-bond acceptors (Lipinski definition) is 5. The van der Waals surface area contributed by atoms with Gasteiger partial charge < -0.3 is 10.1 Å². The van der Waals surface area contributed by atoms with E-state index in [0.717, 1.165) is 29.1 Å². The highest BCUT2D eigenvalue weighted by Gasteiger charge is 2.17. The van der Waals surface area contributed by atoms with Gasteiger partial charge in [-0.05, 0) is 35.9 Å². The lowest BCUT2D eigenvalue weighted by Gasteiger charge is -2.08. The van der Waals surface area contributed by atoms with Gasteiger partial charge in [0.2, 0.25) is 0 Å². The summed E-state index contributed by atoms with van der Waals surface area (Å²) in [5, 5.41) is 8.91. The van der Waals surface area contributed by atoms with Crippen molar-refractivity contribution in [3.05, 3.63) is 73.1 Å². The smallest absolute Gasteiger partial charge is 0.300 e. The Hall–Kier alpha value is -3.98. The zero-order chi connectivity index (χ0) is 23.5. The van der Waals surface area contributed by atoms with Gasteiger partial charge in [0, 0.05) is 63.2 Å². The molecular weight excluding hydrogens is 443 g/mol. The van der Waals surface area contributed by atoms with E-state index in [9.17, 15) is 8.60 Å². The molecule has 0 aliphatic carbocycles. The minimum atomic E-state index is -1.16. The highest BCUT2D eigenvalue weighted by atomic mass is 32.2. The molecule has 5 aromatic rings. The van der Waals surface area contributed by atoms with E-state index in [0.29, 0.717) is 27.1 Å². The highest BCUT2D eigenvalue weighted by molar-refractivity contribution is 7.84. The molecule has 7 nitrogen and oxygen atoms in total. The van der Waals surface area contributed by atoms with Crippen LogP contribution in [0.4, 0.5) is 4.39 Å². The van der Waals surface area contributed by atoms with Gasteiger partial charge in [-0.15, -0.1) is 0 Å². The second-order valence-corrected chi connectivity index (χ2v) is 8.57. The van der Waals surface area contributed by atoms with Crippen molar-refractivity contribution in [3.63, 3.8) is 0 Å². The van der Waals surface area contributed by atoms with Crippen molar-refractivity contribution in [2.75, 3.05) is 6.26 Å². The van der Waals surface area contributed by atoms with Gasteiger partial charge in [-0.3, -0.25) is 19.0 Å². The SMILES string of the molecule is CC(=O)O.CS(=O)c1cccc(-c2c(F)cnc3[nH]c4cnc(-c5cccnc5)cc4c23)c1. The van der Waals surface area contributed by atoms with E-state index in [-0.39, 0.29) is 0 Å². The number of benzene rings is 1. The molecular formula is C24H19FN4O3S. The lowest BCUT2D eigenvalue weighted by molar-refractivity contribution is -0.134. The van der Waals surface area contributed by atoms with Crippen LogP contribution in [0, 0.1) is 5.82 Å². The summed E-state index contributed by atoms with van der Waals surface area (Å²) in [4.78, 5) is 25.7. The van der Waals surface area contributed by atoms with Gasteiger partial charge in [0.15, 0.2) is 0 Å². The Balaban J connectivity index is 0.000000601. The van der Waals surface area contributed by atoms with E-state index in [1.54, 1.807) is 43.0 Å². The van der Waals surface area contributed by atoms with Crippen molar-refractivity contribution in [2.45, 2.75) is 11.8 Å². The third kappa shape index (κ3) is 4.63. The van der Waals surface area contributed by atoms with Crippen molar-refractivity contribution < 1.29 is 18.5 Å². The summed E-state index contributed by atoms with van der Waals surface area (Å²) in [6.07, 6.45) is 7.98. The number of hydrogen-bond donors (Lipinski definition) is 2. The summed E-state index contributed by atoms with van der Waals surface area (Å²) in [7, 11) is -1.16. The first-order valence-corrected chi connectivity index (χ1v) is 11.4. The fraction of sp³-hybridized carbons (Fsp3) is 0.0833. The summed E-state index contributed by atoms with van der Waals surface area (Å²) in [6, 6.07) is 12.8. The molecule has 4 aromatic heterocycles. The Morgan fingerprint density at radius 1 is 1.06 bits per heavy atom. The highest BCUT2D eigenvalue weighted by Crippen LogP contribution is 2.37. The normalized spacial score (nSPS) is 11.7. The minimum absolute atomic E-state index is 0.428. The van der Waals surface area contributed by atoms with Gasteiger partial charge in [0.25, 0.3) is 5.97 Å². The minimum Gasteiger partial charge on any atom is -0.481 e. The van der Waals surface area contributed by atoms with Gasteiger partial charge >= 0.3 is 0 Å². The third-order valence-electron chi connectivity index (χ3n) is 4.87. The average Bonchev–Trinajstić information content (AvgIpc) is 3.17. The number of aromatic nitrogens is 4. The first kappa shape index (κ1) is 22.2. The Morgan fingerprint density at radius 3 is 2.52 bits per heavy atom. The molecule has 0 radical (unpaired) electrons. The van der Waals surface area contributed by atoms with Crippen molar-refractivity contribution in [1.82, 2.24) is 19.9 Å². The number of nitrogens with one attached hydrogen (secondary N) is 1. The quantitative estimate of drug-likeness (QED) is 0.398. The van der Waals surface area contributed by atoms with Crippen molar-refractivity contribution in [3.8, 4) is 22.4 Å². The number of aromatic amines is 1. The molecule has 1 atom stereocenters. The monoisotopic (exact) mass is 462 g/mol. The molecule has 0 bridgehead atoms. The maximum Gasteiger partial charge on any atom is 0.300 e. The van der Waals surface area contributed by atoms with Crippen LogP contribution in [0.5, 0.6) is 0 Å². The van der Waals surface area contributed by atoms with Crippen LogP contribution in [0.25, 0.3) is 44.3 Å². The number of fused-ring (bicyclic) bond motifs is 3. The van der Waals surface area contributed by atoms with Crippen LogP contribution in [0.3, 0.4) is 0 Å². The molecule has 5 rings (SSSR count). The summed E-state index contributed by atoms with van der Waals surface area (Å²) in [5.74, 6) is -1.27. The van der Waals surface area contributed by atoms with Crippen LogP contribution in [0.15, 0.2) is 72.1 Å². The Labute approximate surface area is 190 Å². The summed E-state index contributed by atoms with van der Waals surface area (Å²) < 4.78 is 26.9. The van der Waals surface area contributed by atoms with Gasteiger partial charge in [-0.2, -0.15) is 0 Å². The molecule has 0 saturated carbocycles. The van der Waals surface area contributed by atoms with E-state index in [4.69, 9.17) is 9.90 Å². The number of rotatable bonds is 3. The van der Waals surface area contributed by atoms with Gasteiger partial charge in [0.05, 0.1) is 23.6 Å². The second-order valence-electron chi connectivity index (χ2n) is 7.19. The molecule has 0 amide bonds. The van der Waals surface area contributed by atoms with E-state index >= 15 is 0 Å². The number of aliphatic carboxylic acids is 1. The van der Waals surface area contributed by atoms with Gasteiger partial charge in [-0.1, -0.05) is 12.1 Å². The number of halogens is 1. The zero-order valence-corrected chi connectivity index (χ0v) is 18.6. The maximum atomic E-state index is 15.0. The molecule has 2 N–H and O–H groups in total. The molecule has 9 heteroatoms. The number of carboxylic acids is 1. The first-order chi connectivity index (χ1) is 15.8. The van der Waals surface area contributed by atoms with Crippen LogP contribution in [-0.2, 0) is 15.6 Å². The Bertz CT molecular complexity index is 1500. The van der Waals surface area contributed by atoms with Crippen molar-refractivity contribution in [1.29, 1.82) is 0 Å². The van der Waals surface area contributed by atoms with Crippen LogP contribution in [0.2, 0.25) is 0 Å². The van der Waals surface area contributed by atoms with E-state index in [2.05, 4.69) is 19.9 Å². The number of pyridine rings is 3. The zero-order valence-electron chi connectivity index (χ0n) is 17.7. The molecule has 33 heavy (non-hydrogen) atoms. The molecule has 1 unspecified atom stereocenters. The fourth-order valence-electron chi connectivity index (χ4n) is 3.52. The topological polar surface area (TPSA) is 109 Å². The molecule has 0 aliphatic rings. The van der Waals surface area contributed by atoms with Crippen LogP contribution >= 0.6 is 0 Å². The largest absolute Gasteiger partial charge is 0.481 e. The molecule has 0 aliphatic heterocycles. The second kappa shape index (κ2) is 9.25. The maximum absolute atomic E-state index is 15.0. The summed E-state index contributed by atoms with van der Waals surface area (Å²) >= 11 is 0. The molecule has 166 valence electrons. The fourth-order valence-corrected chi connectivity index (χ4v) is 4.08. The van der Waals surface area contributed by atoms with Crippen molar-refractivity contribution >= 4 is 38.7 Å². The van der Waals surface area contributed by atoms with Gasteiger partial charge in [-0.25, -0.2) is 9.37 Å². The molecule has 4 heterocycles. The van der Waals surface area contributed by atoms with E-state index < -0.39 is 22.6 Å². The molecule has 0 spiro atoms. The number of carbonyl (C=O) groups is 1. The lowest BCUT2D eigenvalue weighted by atomic mass is 10.0. The third-order valence-corrected chi connectivity index (χ3v) is 5.79. The summed E-state index contributed by atoms with van der Waals surface area (Å²) in [5.41, 5.74) is 4.04. The van der Waals surface area contributed by atoms with Crippen LogP contribution < -0.4 is 0 Å². The van der Waals surface area contributed by atoms with Crippen LogP contribution in [0.1, 0.15) is 6.92 Å². The van der Waals surface area contributed by atoms with Crippen molar-refractivity contribution in [2.24, 2.45) is 0 Å². The van der Waals surface area contributed by atoms with Gasteiger partial charge in [0.1, 0.15) is 11.5 Å². The molecule has 0 fully saturated rings. The van der Waals surface area contributed by atoms with Crippen LogP contribution in [-0.4, -0.2) is 41.5 Å². The summed E-state index contributed by atoms with van der Waals surface area (Å²) in [6.45, 7) is 1.08. The molecule has 1 aromatic carbocycles. The predicted molar refractivity (Wildman–Crippen MR) is 126 cm³/mol. The predicted octanol–water partition coefficient (Wildman–Crippen LogP) is 4.81. The number of carboxylic acid groups (broad SMARTS) is 1. The first-order valence-electron chi connectivity index (χ1n) is 9.85. The van der Waals surface area contributed by atoms with E-state index in [1.165, 1.54) is 6.20 Å². The average molecular weight is 463 g/mol. The molecule has 0 saturated heterocycles. The standard InChI is InChI=1S/C22H15FN4OS.C2H4O2/c1-29(28)15-6-2-4-13(8-15)20-17(23)11-26-22-21(20)16-9-18(25-12-19(16)27-22)14-5-3-7-24-10-14;1-2(3)4/h2-12H,1H3,(H,26,27);1H3,(H,3,4). The Kier molecular flexibility index (Phi) is 6.23. The van der Waals surface area contributed by atoms with E-state index in [1.807, 2.05) is 24.3 Å². The number of nitrogens with zero attached hydrogens (tertiary/aromatic N) is 3. The lowest BCUT2D eigenvalue weighted by Crippen LogP contribution is -1.92. The Morgan fingerprint density at radius 2 is 1.82 bits per heavy atom. The number of H-pyrrole nitrogens is 1.